The molecule has 0 spiro atoms. The Hall–Kier alpha value is -3.02. The summed E-state index contributed by atoms with van der Waals surface area (Å²) in [5.41, 5.74) is 2.24. The number of aryl methyl sites for hydroxylation is 1. The van der Waals surface area contributed by atoms with E-state index in [1.807, 2.05) is 13.0 Å². The zero-order valence-electron chi connectivity index (χ0n) is 16.2. The number of carbonyl (C=O) groups excluding carboxylic acids is 1. The minimum absolute atomic E-state index is 0.102. The summed E-state index contributed by atoms with van der Waals surface area (Å²) in [6.07, 6.45) is 3.10. The number of rotatable bonds is 11. The molecular formula is C22H26O6. The van der Waals surface area contributed by atoms with E-state index in [1.54, 1.807) is 30.3 Å². The first-order valence-corrected chi connectivity index (χ1v) is 9.34. The molecule has 0 saturated heterocycles. The molecule has 0 heterocycles. The van der Waals surface area contributed by atoms with Gasteiger partial charge in [-0.25, -0.2) is 4.79 Å². The third kappa shape index (κ3) is 6.01. The first-order valence-electron chi connectivity index (χ1n) is 9.34. The molecule has 0 aliphatic rings. The van der Waals surface area contributed by atoms with Gasteiger partial charge in [-0.15, -0.1) is 0 Å². The maximum absolute atomic E-state index is 11.6. The van der Waals surface area contributed by atoms with Crippen LogP contribution in [-0.4, -0.2) is 35.2 Å². The monoisotopic (exact) mass is 386 g/mol. The molecule has 0 aliphatic heterocycles. The Morgan fingerprint density at radius 1 is 0.964 bits per heavy atom. The molecule has 0 radical (unpaired) electrons. The van der Waals surface area contributed by atoms with Gasteiger partial charge in [-0.05, 0) is 67.6 Å². The zero-order valence-corrected chi connectivity index (χ0v) is 16.2. The summed E-state index contributed by atoms with van der Waals surface area (Å²) < 4.78 is 10.8. The van der Waals surface area contributed by atoms with Crippen molar-refractivity contribution >= 4 is 11.8 Å². The van der Waals surface area contributed by atoms with E-state index in [0.717, 1.165) is 36.8 Å². The number of carbonyl (C=O) groups is 2. The van der Waals surface area contributed by atoms with E-state index in [4.69, 9.17) is 14.6 Å². The van der Waals surface area contributed by atoms with E-state index < -0.39 is 5.97 Å². The van der Waals surface area contributed by atoms with Gasteiger partial charge in [0.2, 0.25) is 0 Å². The number of ether oxygens (including phenoxy) is 2. The molecule has 0 amide bonds. The van der Waals surface area contributed by atoms with Gasteiger partial charge < -0.3 is 19.7 Å². The van der Waals surface area contributed by atoms with E-state index in [2.05, 4.69) is 0 Å². The van der Waals surface area contributed by atoms with E-state index in [9.17, 15) is 14.7 Å². The normalized spacial score (nSPS) is 10.5. The van der Waals surface area contributed by atoms with Crippen LogP contribution in [0.5, 0.6) is 17.2 Å². The highest BCUT2D eigenvalue weighted by Gasteiger charge is 2.14. The van der Waals surface area contributed by atoms with Crippen LogP contribution in [0.4, 0.5) is 0 Å². The fourth-order valence-electron chi connectivity index (χ4n) is 2.96. The van der Waals surface area contributed by atoms with Gasteiger partial charge in [0.05, 0.1) is 12.2 Å². The summed E-state index contributed by atoms with van der Waals surface area (Å²) in [4.78, 5) is 22.1. The quantitative estimate of drug-likeness (QED) is 0.447. The number of ketones is 1. The summed E-state index contributed by atoms with van der Waals surface area (Å²) in [6, 6.07) is 10.4. The Bertz CT molecular complexity index is 811. The number of hydrogen-bond acceptors (Lipinski definition) is 5. The predicted octanol–water partition coefficient (Wildman–Crippen LogP) is 4.02. The van der Waals surface area contributed by atoms with Gasteiger partial charge in [0.1, 0.15) is 17.2 Å². The molecule has 6 heteroatoms. The Kier molecular flexibility index (Phi) is 7.87. The zero-order chi connectivity index (χ0) is 20.5. The third-order valence-electron chi connectivity index (χ3n) is 4.30. The average molecular weight is 386 g/mol. The van der Waals surface area contributed by atoms with Crippen LogP contribution in [-0.2, 0) is 17.6 Å². The van der Waals surface area contributed by atoms with Crippen LogP contribution in [0.25, 0.3) is 0 Å². The number of aromatic hydroxyl groups is 1. The van der Waals surface area contributed by atoms with Crippen LogP contribution in [0.1, 0.15) is 48.2 Å². The number of aliphatic carboxylic acids is 1. The third-order valence-corrected chi connectivity index (χ3v) is 4.30. The number of benzene rings is 2. The Balaban J connectivity index is 1.90. The summed E-state index contributed by atoms with van der Waals surface area (Å²) in [5.74, 6) is 0.0848. The number of carboxylic acid groups (broad SMARTS) is 1. The summed E-state index contributed by atoms with van der Waals surface area (Å²) in [5, 5.41) is 19.0. The molecule has 150 valence electrons. The van der Waals surface area contributed by atoms with Crippen molar-refractivity contribution in [3.8, 4) is 17.2 Å². The Labute approximate surface area is 164 Å². The van der Waals surface area contributed by atoms with Gasteiger partial charge in [0, 0.05) is 0 Å². The van der Waals surface area contributed by atoms with Crippen molar-refractivity contribution in [3.05, 3.63) is 53.1 Å². The maximum Gasteiger partial charge on any atom is 0.341 e. The number of Topliss-reactive ketones (excluding diaryl/α,β-unsaturated/α-hetero) is 1. The van der Waals surface area contributed by atoms with E-state index in [0.29, 0.717) is 23.7 Å². The van der Waals surface area contributed by atoms with Crippen LogP contribution in [0.3, 0.4) is 0 Å². The van der Waals surface area contributed by atoms with Crippen molar-refractivity contribution in [3.63, 3.8) is 0 Å². The molecule has 0 bridgehead atoms. The Morgan fingerprint density at radius 3 is 2.18 bits per heavy atom. The standard InChI is InChI=1S/C22H26O6/c1-3-5-20-16(7-12-19(15(2)23)22(20)26)6-4-13-27-17-8-10-18(11-9-17)28-14-21(24)25/h7-12,26H,3-6,13-14H2,1-2H3,(H,24,25). The molecule has 2 N–H and O–H groups in total. The Morgan fingerprint density at radius 2 is 1.61 bits per heavy atom. The molecule has 6 nitrogen and oxygen atoms in total. The van der Waals surface area contributed by atoms with Crippen molar-refractivity contribution < 1.29 is 29.3 Å². The summed E-state index contributed by atoms with van der Waals surface area (Å²) >= 11 is 0. The second kappa shape index (κ2) is 10.3. The topological polar surface area (TPSA) is 93.1 Å². The van der Waals surface area contributed by atoms with Gasteiger partial charge in [-0.2, -0.15) is 0 Å². The molecule has 0 fully saturated rings. The first kappa shape index (κ1) is 21.3. The summed E-state index contributed by atoms with van der Waals surface area (Å²) in [6.45, 7) is 3.61. The molecule has 0 aromatic heterocycles. The molecule has 0 aliphatic carbocycles. The lowest BCUT2D eigenvalue weighted by atomic mass is 9.94. The van der Waals surface area contributed by atoms with Crippen molar-refractivity contribution in [2.45, 2.75) is 39.5 Å². The second-order valence-corrected chi connectivity index (χ2v) is 6.51. The van der Waals surface area contributed by atoms with Gasteiger partial charge in [0.15, 0.2) is 12.4 Å². The molecule has 0 saturated carbocycles. The van der Waals surface area contributed by atoms with Gasteiger partial charge >= 0.3 is 5.97 Å². The van der Waals surface area contributed by atoms with Crippen LogP contribution in [0.15, 0.2) is 36.4 Å². The number of phenols is 1. The highest BCUT2D eigenvalue weighted by molar-refractivity contribution is 5.97. The highest BCUT2D eigenvalue weighted by atomic mass is 16.5. The molecule has 0 atom stereocenters. The van der Waals surface area contributed by atoms with Crippen molar-refractivity contribution in [2.75, 3.05) is 13.2 Å². The smallest absolute Gasteiger partial charge is 0.341 e. The molecule has 2 rings (SSSR count). The van der Waals surface area contributed by atoms with Gasteiger partial charge in [-0.3, -0.25) is 4.79 Å². The van der Waals surface area contributed by atoms with Crippen molar-refractivity contribution in [1.82, 2.24) is 0 Å². The number of carboxylic acids is 1. The second-order valence-electron chi connectivity index (χ2n) is 6.51. The lowest BCUT2D eigenvalue weighted by Gasteiger charge is -2.14. The lowest BCUT2D eigenvalue weighted by Crippen LogP contribution is -2.09. The predicted molar refractivity (Wildman–Crippen MR) is 105 cm³/mol. The average Bonchev–Trinajstić information content (AvgIpc) is 2.66. The summed E-state index contributed by atoms with van der Waals surface area (Å²) in [7, 11) is 0. The molecule has 0 unspecified atom stereocenters. The minimum atomic E-state index is -1.02. The highest BCUT2D eigenvalue weighted by Crippen LogP contribution is 2.29. The largest absolute Gasteiger partial charge is 0.507 e. The van der Waals surface area contributed by atoms with Gasteiger partial charge in [0.25, 0.3) is 0 Å². The van der Waals surface area contributed by atoms with Crippen molar-refractivity contribution in [2.24, 2.45) is 0 Å². The van der Waals surface area contributed by atoms with Crippen LogP contribution < -0.4 is 9.47 Å². The SMILES string of the molecule is CCCc1c(CCCOc2ccc(OCC(=O)O)cc2)ccc(C(C)=O)c1O. The number of hydrogen-bond donors (Lipinski definition) is 2. The fraction of sp³-hybridized carbons (Fsp3) is 0.364. The molecule has 28 heavy (non-hydrogen) atoms. The van der Waals surface area contributed by atoms with E-state index in [1.165, 1.54) is 6.92 Å². The number of phenolic OH excluding ortho intramolecular Hbond substituents is 1. The van der Waals surface area contributed by atoms with E-state index >= 15 is 0 Å². The van der Waals surface area contributed by atoms with E-state index in [-0.39, 0.29) is 18.1 Å². The van der Waals surface area contributed by atoms with Crippen molar-refractivity contribution in [1.29, 1.82) is 0 Å². The molecular weight excluding hydrogens is 360 g/mol. The molecule has 2 aromatic carbocycles. The van der Waals surface area contributed by atoms with Crippen LogP contribution in [0, 0.1) is 0 Å². The maximum atomic E-state index is 11.6. The first-order chi connectivity index (χ1) is 13.4. The van der Waals surface area contributed by atoms with Gasteiger partial charge in [-0.1, -0.05) is 19.4 Å². The van der Waals surface area contributed by atoms with Crippen LogP contribution >= 0.6 is 0 Å². The fourth-order valence-corrected chi connectivity index (χ4v) is 2.96. The minimum Gasteiger partial charge on any atom is -0.507 e. The lowest BCUT2D eigenvalue weighted by molar-refractivity contribution is -0.139. The van der Waals surface area contributed by atoms with Crippen LogP contribution in [0.2, 0.25) is 0 Å². The molecule has 2 aromatic rings.